The van der Waals surface area contributed by atoms with Crippen LogP contribution in [0.25, 0.3) is 0 Å². The number of methoxy groups -OCH3 is 4. The third kappa shape index (κ3) is 26.4. The SMILES string of the molecule is COC(=O)CCCCC(=O)N[C@@H](C)C(=O)N[C@@H](C)C(=O)Nc1cc(CO)cc(CO)c1.COC(=O)CCCCC(=O)N[C@@H](C)C(=O)N[C@@H](C)C(=O)Nc1cc(CO)cc(CO)c1.COc1ccc2c(c1)C(=O)N1c3ccccc3C[C@H]1C=N2.COc1ccc2c(c1)C(=O)N1c3ccccc3C[C@H]1C=N2.Cc1ccc2c(c1)C(=O)N1c3ccccc3C[C@H]1C=N2.Cc1ccc2c(c1)C(=O)N1c3ccccc3C[C@H]1CC2. The van der Waals surface area contributed by atoms with Gasteiger partial charge in [-0.3, -0.25) is 87.2 Å². The predicted molar refractivity (Wildman–Crippen MR) is 549 cm³/mol. The van der Waals surface area contributed by atoms with Gasteiger partial charge in [-0.1, -0.05) is 114 Å². The highest BCUT2D eigenvalue weighted by Gasteiger charge is 2.41. The van der Waals surface area contributed by atoms with Crippen molar-refractivity contribution in [1.82, 2.24) is 21.3 Å². The van der Waals surface area contributed by atoms with Crippen molar-refractivity contribution in [3.05, 3.63) is 290 Å². The Bertz CT molecular complexity index is 6250. The first-order valence-electron chi connectivity index (χ1n) is 47.9. The van der Waals surface area contributed by atoms with Crippen LogP contribution in [0.15, 0.2) is 221 Å². The van der Waals surface area contributed by atoms with E-state index in [4.69, 9.17) is 9.47 Å². The fourth-order valence-corrected chi connectivity index (χ4v) is 18.0. The molecule has 10 amide bonds. The molecule has 18 rings (SSSR count). The maximum atomic E-state index is 13.0. The van der Waals surface area contributed by atoms with Gasteiger partial charge in [0.15, 0.2) is 0 Å². The molecule has 0 bridgehead atoms. The smallest absolute Gasteiger partial charge is 0.305 e. The molecule has 8 heterocycles. The van der Waals surface area contributed by atoms with Crippen molar-refractivity contribution in [2.24, 2.45) is 15.0 Å². The molecule has 0 saturated carbocycles. The van der Waals surface area contributed by atoms with E-state index < -0.39 is 47.8 Å². The van der Waals surface area contributed by atoms with Gasteiger partial charge in [-0.2, -0.15) is 0 Å². The summed E-state index contributed by atoms with van der Waals surface area (Å²) in [5, 5.41) is 52.5. The van der Waals surface area contributed by atoms with E-state index in [1.807, 2.05) is 161 Å². The average Bonchev–Trinajstić information content (AvgIpc) is 1.63. The molecule has 33 nitrogen and oxygen atoms in total. The fraction of sp³-hybridized carbons (Fsp3) is 0.324. The number of nitrogens with zero attached hydrogens (tertiary/aromatic N) is 7. The second-order valence-corrected chi connectivity index (χ2v) is 36.0. The standard InChI is InChI=1S/2C21H31N3O7.C18H17NO.2C17H14N2O2.C17H14N2O/c2*1-13(22-18(27)6-4-5-7-19(28)31-3)20(29)23-14(2)21(30)24-17-9-15(11-25)8-16(10-17)12-26;1-12-6-7-13-8-9-15-11-14-4-2-3-5-17(14)19(15)18(20)16(13)10-12;2*1-21-13-6-7-15-14(9-13)17(20)19-12(10-18-15)8-11-4-2-3-5-16(11)19;1-11-6-7-15-14(8-11)17(20)19-13(10-18-15)9-12-4-2-3-5-16(12)19/h2*8-10,13-14,25-26H,4-7,11-12H2,1-3H3,(H,22,27)(H,23,29)(H,24,30);2-7,10,15H,8-9,11H2,1H3;2*2-7,9-10,12H,8H2,1H3;2-8,10,13H,9H2,1H3/t2*13-,14-;15-;2*12-;13-/m001000/s1. The van der Waals surface area contributed by atoms with E-state index in [1.165, 1.54) is 69.7 Å². The molecule has 0 aliphatic carbocycles. The number of para-hydroxylation sites is 4. The molecular formula is C111H121N13O20. The molecule has 144 heavy (non-hydrogen) atoms. The van der Waals surface area contributed by atoms with Crippen molar-refractivity contribution in [2.45, 2.75) is 206 Å². The number of fused-ring (bicyclic) bond motifs is 16. The number of rotatable bonds is 26. The summed E-state index contributed by atoms with van der Waals surface area (Å²) in [6, 6.07) is 61.8. The largest absolute Gasteiger partial charge is 0.497 e. The molecule has 0 aromatic heterocycles. The number of aliphatic hydroxyl groups is 4. The zero-order chi connectivity index (χ0) is 103. The maximum absolute atomic E-state index is 13.0. The lowest BCUT2D eigenvalue weighted by Crippen LogP contribution is -2.50. The molecule has 10 aromatic rings. The van der Waals surface area contributed by atoms with Gasteiger partial charge in [-0.25, -0.2) is 0 Å². The van der Waals surface area contributed by atoms with Gasteiger partial charge in [-0.15, -0.1) is 0 Å². The number of ether oxygens (including phenoxy) is 4. The van der Waals surface area contributed by atoms with Gasteiger partial charge in [-0.05, 0) is 240 Å². The minimum Gasteiger partial charge on any atom is -0.497 e. The molecule has 0 radical (unpaired) electrons. The second-order valence-electron chi connectivity index (χ2n) is 36.0. The van der Waals surface area contributed by atoms with Crippen LogP contribution in [0.3, 0.4) is 0 Å². The number of aliphatic imine (C=N–C) groups is 3. The Morgan fingerprint density at radius 1 is 0.354 bits per heavy atom. The van der Waals surface area contributed by atoms with Crippen LogP contribution in [0.2, 0.25) is 0 Å². The summed E-state index contributed by atoms with van der Waals surface area (Å²) in [4.78, 5) is 168. The molecular weight excluding hydrogens is 1840 g/mol. The topological polar surface area (TPSA) is 445 Å². The van der Waals surface area contributed by atoms with Crippen LogP contribution < -0.4 is 61.0 Å². The van der Waals surface area contributed by atoms with E-state index in [1.54, 1.807) is 62.8 Å². The first-order valence-corrected chi connectivity index (χ1v) is 47.9. The quantitative estimate of drug-likeness (QED) is 0.0178. The molecule has 0 spiro atoms. The molecule has 8 aliphatic heterocycles. The number of hydrogen-bond acceptors (Lipinski definition) is 23. The first-order chi connectivity index (χ1) is 69.4. The molecule has 0 unspecified atom stereocenters. The van der Waals surface area contributed by atoms with E-state index in [2.05, 4.69) is 105 Å². The van der Waals surface area contributed by atoms with Crippen LogP contribution in [-0.4, -0.2) is 187 Å². The van der Waals surface area contributed by atoms with Crippen LogP contribution >= 0.6 is 0 Å². The molecule has 33 heteroatoms. The third-order valence-corrected chi connectivity index (χ3v) is 25.6. The Kier molecular flexibility index (Phi) is 36.4. The molecule has 8 atom stereocenters. The number of carbonyl (C=O) groups excluding carboxylic acids is 12. The number of carbonyl (C=O) groups is 12. The lowest BCUT2D eigenvalue weighted by molar-refractivity contribution is -0.141. The van der Waals surface area contributed by atoms with Crippen LogP contribution in [0.4, 0.5) is 51.2 Å². The highest BCUT2D eigenvalue weighted by molar-refractivity contribution is 6.17. The normalized spacial score (nSPS) is 16.3. The highest BCUT2D eigenvalue weighted by atomic mass is 16.5. The lowest BCUT2D eigenvalue weighted by atomic mass is 9.99. The minimum atomic E-state index is -0.887. The monoisotopic (exact) mass is 1960 g/mol. The van der Waals surface area contributed by atoms with Crippen molar-refractivity contribution in [1.29, 1.82) is 0 Å². The average molecular weight is 1960 g/mol. The number of unbranched alkanes of at least 4 members (excludes halogenated alkanes) is 2. The zero-order valence-corrected chi connectivity index (χ0v) is 82.2. The predicted octanol–water partition coefficient (Wildman–Crippen LogP) is 13.5. The fourth-order valence-electron chi connectivity index (χ4n) is 18.0. The summed E-state index contributed by atoms with van der Waals surface area (Å²) in [7, 11) is 5.80. The molecule has 10 aromatic carbocycles. The van der Waals surface area contributed by atoms with E-state index in [0.717, 1.165) is 83.7 Å². The van der Waals surface area contributed by atoms with E-state index >= 15 is 0 Å². The summed E-state index contributed by atoms with van der Waals surface area (Å²) in [5.41, 5.74) is 20.2. The second kappa shape index (κ2) is 49.6. The van der Waals surface area contributed by atoms with Gasteiger partial charge >= 0.3 is 11.9 Å². The van der Waals surface area contributed by atoms with Crippen LogP contribution in [0, 0.1) is 13.8 Å². The number of esters is 2. The maximum Gasteiger partial charge on any atom is 0.305 e. The van der Waals surface area contributed by atoms with Crippen molar-refractivity contribution in [3.63, 3.8) is 0 Å². The molecule has 750 valence electrons. The number of aliphatic hydroxyl groups excluding tert-OH is 4. The number of aryl methyl sites for hydroxylation is 3. The number of hydrogen-bond donors (Lipinski definition) is 10. The van der Waals surface area contributed by atoms with Gasteiger partial charge in [0.1, 0.15) is 35.7 Å². The summed E-state index contributed by atoms with van der Waals surface area (Å²) in [6.45, 7) is 9.06. The molecule has 0 fully saturated rings. The van der Waals surface area contributed by atoms with E-state index in [0.29, 0.717) is 105 Å². The van der Waals surface area contributed by atoms with Gasteiger partial charge in [0.2, 0.25) is 35.4 Å². The Balaban J connectivity index is 0.000000146. The van der Waals surface area contributed by atoms with Crippen LogP contribution in [0.1, 0.15) is 188 Å². The first kappa shape index (κ1) is 106. The van der Waals surface area contributed by atoms with Crippen LogP contribution in [0.5, 0.6) is 11.5 Å². The number of anilines is 6. The minimum absolute atomic E-state index is 0.00621. The number of amides is 10. The summed E-state index contributed by atoms with van der Waals surface area (Å²) < 4.78 is 19.5. The highest BCUT2D eigenvalue weighted by Crippen LogP contribution is 2.43. The van der Waals surface area contributed by atoms with E-state index in [-0.39, 0.29) is 118 Å². The van der Waals surface area contributed by atoms with Gasteiger partial charge in [0.05, 0.1) is 107 Å². The van der Waals surface area contributed by atoms with Crippen molar-refractivity contribution >= 4 is 141 Å². The Labute approximate surface area is 835 Å². The summed E-state index contributed by atoms with van der Waals surface area (Å²) in [6.07, 6.45) is 13.9. The van der Waals surface area contributed by atoms with Crippen molar-refractivity contribution in [3.8, 4) is 11.5 Å². The Hall–Kier alpha value is -15.7. The van der Waals surface area contributed by atoms with Gasteiger partial charge in [0.25, 0.3) is 23.6 Å². The molecule has 0 saturated heterocycles. The zero-order valence-electron chi connectivity index (χ0n) is 82.2. The third-order valence-electron chi connectivity index (χ3n) is 25.6. The number of benzene rings is 10. The summed E-state index contributed by atoms with van der Waals surface area (Å²) >= 11 is 0. The molecule has 10 N–H and O–H groups in total. The van der Waals surface area contributed by atoms with Gasteiger partial charge < -0.3 is 76.2 Å². The summed E-state index contributed by atoms with van der Waals surface area (Å²) in [5.74, 6) is -1.83. The van der Waals surface area contributed by atoms with Gasteiger partial charge in [0, 0.05) is 109 Å². The van der Waals surface area contributed by atoms with E-state index in [9.17, 15) is 78.0 Å². The Morgan fingerprint density at radius 2 is 0.674 bits per heavy atom. The number of nitrogens with one attached hydrogen (secondary N) is 6. The van der Waals surface area contributed by atoms with Crippen molar-refractivity contribution in [2.75, 3.05) is 58.7 Å². The van der Waals surface area contributed by atoms with Crippen LogP contribution in [-0.2, 0) is 106 Å². The van der Waals surface area contributed by atoms with Crippen molar-refractivity contribution < 1.29 is 96.9 Å². The lowest BCUT2D eigenvalue weighted by Gasteiger charge is -2.23. The Morgan fingerprint density at radius 3 is 1.04 bits per heavy atom. The molecule has 8 aliphatic rings.